The molecule has 1 heterocycles. The number of nitrogens with one attached hydrogen (secondary N) is 1. The van der Waals surface area contributed by atoms with Crippen molar-refractivity contribution in [2.75, 3.05) is 13.7 Å². The highest BCUT2D eigenvalue weighted by Gasteiger charge is 2.11. The third-order valence-electron chi connectivity index (χ3n) is 4.06. The summed E-state index contributed by atoms with van der Waals surface area (Å²) in [4.78, 5) is 16.4. The molecule has 2 rings (SSSR count). The van der Waals surface area contributed by atoms with Gasteiger partial charge in [0.2, 0.25) is 5.91 Å². The highest BCUT2D eigenvalue weighted by molar-refractivity contribution is 5.75. The summed E-state index contributed by atoms with van der Waals surface area (Å²) in [6, 6.07) is 4.34. The van der Waals surface area contributed by atoms with Crippen LogP contribution in [0.25, 0.3) is 0 Å². The second kappa shape index (κ2) is 8.13. The number of aryl methyl sites for hydroxylation is 3. The van der Waals surface area contributed by atoms with Crippen LogP contribution in [-0.2, 0) is 28.8 Å². The van der Waals surface area contributed by atoms with E-state index in [1.807, 2.05) is 6.92 Å². The summed E-state index contributed by atoms with van der Waals surface area (Å²) in [5.74, 6) is 0.0943. The number of ether oxygens (including phenoxy) is 1. The number of fused-ring (bicyclic) bond motifs is 1. The number of aromatic nitrogens is 1. The summed E-state index contributed by atoms with van der Waals surface area (Å²) < 4.78 is 5.10. The molecular weight excluding hydrogens is 264 g/mol. The van der Waals surface area contributed by atoms with Gasteiger partial charge in [0, 0.05) is 31.5 Å². The molecular formula is C17H26N2O2. The van der Waals surface area contributed by atoms with Crippen LogP contribution >= 0.6 is 0 Å². The van der Waals surface area contributed by atoms with E-state index in [1.165, 1.54) is 30.5 Å². The second-order valence-electron chi connectivity index (χ2n) is 5.82. The lowest BCUT2D eigenvalue weighted by molar-refractivity contribution is -0.121. The van der Waals surface area contributed by atoms with Gasteiger partial charge < -0.3 is 10.1 Å². The van der Waals surface area contributed by atoms with E-state index in [2.05, 4.69) is 17.4 Å². The van der Waals surface area contributed by atoms with Crippen molar-refractivity contribution in [1.29, 1.82) is 0 Å². The van der Waals surface area contributed by atoms with Crippen molar-refractivity contribution >= 4 is 5.91 Å². The molecule has 0 saturated heterocycles. The summed E-state index contributed by atoms with van der Waals surface area (Å²) in [5.41, 5.74) is 3.81. The lowest BCUT2D eigenvalue weighted by Gasteiger charge is -2.15. The van der Waals surface area contributed by atoms with Gasteiger partial charge in [-0.15, -0.1) is 0 Å². The fourth-order valence-corrected chi connectivity index (χ4v) is 2.63. The van der Waals surface area contributed by atoms with Crippen molar-refractivity contribution in [1.82, 2.24) is 10.3 Å². The Morgan fingerprint density at radius 3 is 3.00 bits per heavy atom. The first-order chi connectivity index (χ1) is 10.2. The monoisotopic (exact) mass is 290 g/mol. The molecule has 21 heavy (non-hydrogen) atoms. The number of amides is 1. The summed E-state index contributed by atoms with van der Waals surface area (Å²) >= 11 is 0. The first-order valence-electron chi connectivity index (χ1n) is 7.96. The SMILES string of the molecule is CO[C@H](C)CNC(=O)CCCc1ccc2c(n1)CCCC2. The topological polar surface area (TPSA) is 51.2 Å². The van der Waals surface area contributed by atoms with Crippen molar-refractivity contribution in [3.8, 4) is 0 Å². The van der Waals surface area contributed by atoms with Crippen LogP contribution in [0, 0.1) is 0 Å². The average Bonchev–Trinajstić information content (AvgIpc) is 2.52. The average molecular weight is 290 g/mol. The first kappa shape index (κ1) is 16.0. The number of rotatable bonds is 7. The van der Waals surface area contributed by atoms with Crippen molar-refractivity contribution in [3.63, 3.8) is 0 Å². The van der Waals surface area contributed by atoms with E-state index in [0.717, 1.165) is 25.0 Å². The van der Waals surface area contributed by atoms with Gasteiger partial charge in [-0.2, -0.15) is 0 Å². The van der Waals surface area contributed by atoms with Gasteiger partial charge in [0.25, 0.3) is 0 Å². The molecule has 1 aromatic rings. The Hall–Kier alpha value is -1.42. The highest BCUT2D eigenvalue weighted by Crippen LogP contribution is 2.20. The minimum atomic E-state index is 0.0660. The minimum absolute atomic E-state index is 0.0660. The Bertz CT molecular complexity index is 474. The summed E-state index contributed by atoms with van der Waals surface area (Å²) in [7, 11) is 1.65. The van der Waals surface area contributed by atoms with Crippen LogP contribution in [0.3, 0.4) is 0 Å². The summed E-state index contributed by atoms with van der Waals surface area (Å²) in [6.45, 7) is 2.52. The summed E-state index contributed by atoms with van der Waals surface area (Å²) in [5, 5.41) is 2.89. The maximum absolute atomic E-state index is 11.7. The Morgan fingerprint density at radius 2 is 2.19 bits per heavy atom. The maximum atomic E-state index is 11.7. The lowest BCUT2D eigenvalue weighted by Crippen LogP contribution is -2.31. The lowest BCUT2D eigenvalue weighted by atomic mass is 9.95. The predicted octanol–water partition coefficient (Wildman–Crippen LogP) is 2.43. The van der Waals surface area contributed by atoms with Gasteiger partial charge in [-0.3, -0.25) is 9.78 Å². The third-order valence-corrected chi connectivity index (χ3v) is 4.06. The van der Waals surface area contributed by atoms with Crippen molar-refractivity contribution in [2.24, 2.45) is 0 Å². The van der Waals surface area contributed by atoms with Gasteiger partial charge >= 0.3 is 0 Å². The molecule has 0 fully saturated rings. The van der Waals surface area contributed by atoms with Crippen molar-refractivity contribution in [3.05, 3.63) is 29.1 Å². The van der Waals surface area contributed by atoms with Crippen LogP contribution in [0.1, 0.15) is 49.6 Å². The molecule has 0 aliphatic heterocycles. The quantitative estimate of drug-likeness (QED) is 0.839. The third kappa shape index (κ3) is 5.12. The molecule has 1 aliphatic rings. The van der Waals surface area contributed by atoms with Gasteiger partial charge in [-0.05, 0) is 57.1 Å². The molecule has 0 saturated carbocycles. The van der Waals surface area contributed by atoms with Gasteiger partial charge in [-0.25, -0.2) is 0 Å². The zero-order chi connectivity index (χ0) is 15.1. The van der Waals surface area contributed by atoms with Gasteiger partial charge in [0.15, 0.2) is 0 Å². The molecule has 0 spiro atoms. The molecule has 0 unspecified atom stereocenters. The van der Waals surface area contributed by atoms with E-state index < -0.39 is 0 Å². The Morgan fingerprint density at radius 1 is 1.38 bits per heavy atom. The fraction of sp³-hybridized carbons (Fsp3) is 0.647. The molecule has 1 aliphatic carbocycles. The Labute approximate surface area is 127 Å². The van der Waals surface area contributed by atoms with E-state index in [1.54, 1.807) is 7.11 Å². The molecule has 4 nitrogen and oxygen atoms in total. The zero-order valence-electron chi connectivity index (χ0n) is 13.2. The normalized spacial score (nSPS) is 15.3. The molecule has 0 radical (unpaired) electrons. The smallest absolute Gasteiger partial charge is 0.220 e. The van der Waals surface area contributed by atoms with Crippen molar-refractivity contribution < 1.29 is 9.53 Å². The van der Waals surface area contributed by atoms with E-state index in [-0.39, 0.29) is 12.0 Å². The highest BCUT2D eigenvalue weighted by atomic mass is 16.5. The number of hydrogen-bond acceptors (Lipinski definition) is 3. The van der Waals surface area contributed by atoms with Crippen LogP contribution in [0.2, 0.25) is 0 Å². The van der Waals surface area contributed by atoms with E-state index >= 15 is 0 Å². The minimum Gasteiger partial charge on any atom is -0.380 e. The largest absolute Gasteiger partial charge is 0.380 e. The number of pyridine rings is 1. The maximum Gasteiger partial charge on any atom is 0.220 e. The van der Waals surface area contributed by atoms with Crippen LogP contribution in [-0.4, -0.2) is 30.6 Å². The molecule has 4 heteroatoms. The fourth-order valence-electron chi connectivity index (χ4n) is 2.63. The molecule has 1 aromatic heterocycles. The van der Waals surface area contributed by atoms with E-state index in [9.17, 15) is 4.79 Å². The number of carbonyl (C=O) groups is 1. The van der Waals surface area contributed by atoms with Crippen LogP contribution in [0.4, 0.5) is 0 Å². The van der Waals surface area contributed by atoms with Crippen LogP contribution in [0.5, 0.6) is 0 Å². The predicted molar refractivity (Wildman–Crippen MR) is 83.3 cm³/mol. The molecule has 0 aromatic carbocycles. The van der Waals surface area contributed by atoms with Crippen LogP contribution in [0.15, 0.2) is 12.1 Å². The molecule has 1 N–H and O–H groups in total. The molecule has 1 amide bonds. The Kier molecular flexibility index (Phi) is 6.18. The number of nitrogens with zero attached hydrogens (tertiary/aromatic N) is 1. The standard InChI is InChI=1S/C17H26N2O2/c1-13(21-2)12-18-17(20)9-5-7-15-11-10-14-6-3-4-8-16(14)19-15/h10-11,13H,3-9,12H2,1-2H3,(H,18,20)/t13-/m1/s1. The van der Waals surface area contributed by atoms with Crippen molar-refractivity contribution in [2.45, 2.75) is 58.0 Å². The second-order valence-corrected chi connectivity index (χ2v) is 5.82. The first-order valence-corrected chi connectivity index (χ1v) is 7.96. The van der Waals surface area contributed by atoms with E-state index in [0.29, 0.717) is 13.0 Å². The number of carbonyl (C=O) groups excluding carboxylic acids is 1. The molecule has 1 atom stereocenters. The molecule has 0 bridgehead atoms. The number of methoxy groups -OCH3 is 1. The van der Waals surface area contributed by atoms with Gasteiger partial charge in [0.05, 0.1) is 6.10 Å². The summed E-state index contributed by atoms with van der Waals surface area (Å²) in [6.07, 6.45) is 7.16. The van der Waals surface area contributed by atoms with Crippen LogP contribution < -0.4 is 5.32 Å². The zero-order valence-corrected chi connectivity index (χ0v) is 13.2. The number of hydrogen-bond donors (Lipinski definition) is 1. The molecule has 116 valence electrons. The van der Waals surface area contributed by atoms with Gasteiger partial charge in [0.1, 0.15) is 0 Å². The van der Waals surface area contributed by atoms with Gasteiger partial charge in [-0.1, -0.05) is 6.07 Å². The Balaban J connectivity index is 1.72. The van der Waals surface area contributed by atoms with E-state index in [4.69, 9.17) is 9.72 Å².